The van der Waals surface area contributed by atoms with Gasteiger partial charge in [-0.25, -0.2) is 0 Å². The molecule has 0 unspecified atom stereocenters. The Bertz CT molecular complexity index is 146. The van der Waals surface area contributed by atoms with Gasteiger partial charge < -0.3 is 9.81 Å². The van der Waals surface area contributed by atoms with E-state index in [1.807, 2.05) is 0 Å². The second-order valence-corrected chi connectivity index (χ2v) is 5.16. The Morgan fingerprint density at radius 3 is 1.57 bits per heavy atom. The van der Waals surface area contributed by atoms with Crippen molar-refractivity contribution in [2.75, 3.05) is 0 Å². The van der Waals surface area contributed by atoms with E-state index in [1.54, 1.807) is 0 Å². The van der Waals surface area contributed by atoms with Crippen molar-refractivity contribution in [3.05, 3.63) is 0 Å². The molecule has 1 saturated carbocycles. The summed E-state index contributed by atoms with van der Waals surface area (Å²) >= 11 is 0. The van der Waals surface area contributed by atoms with Crippen LogP contribution >= 0.6 is 0 Å². The quantitative estimate of drug-likeness (QED) is 0.377. The van der Waals surface area contributed by atoms with E-state index in [-0.39, 0.29) is 33.2 Å². The van der Waals surface area contributed by atoms with Crippen LogP contribution in [-0.4, -0.2) is 28.7 Å². The van der Waals surface area contributed by atoms with Crippen LogP contribution in [0.2, 0.25) is 0 Å². The topological polar surface area (TPSA) is 23.1 Å². The Labute approximate surface area is 103 Å². The molecule has 0 saturated heterocycles. The molecule has 1 nitrogen and oxygen atoms in total. The minimum Gasteiger partial charge on any atom is -1.00 e. The molecule has 0 heterocycles. The molecule has 80 valence electrons. The number of hydrogen-bond donors (Lipinski definition) is 0. The SMILES string of the molecule is CC(C)(C)C1([O-])CCCCCC1.[F-].[Mg+2]. The van der Waals surface area contributed by atoms with Crippen LogP contribution in [0, 0.1) is 5.41 Å². The summed E-state index contributed by atoms with van der Waals surface area (Å²) in [5.41, 5.74) is -0.707. The second-order valence-electron chi connectivity index (χ2n) is 5.16. The summed E-state index contributed by atoms with van der Waals surface area (Å²) in [4.78, 5) is 0. The van der Waals surface area contributed by atoms with E-state index in [9.17, 15) is 5.11 Å². The minimum atomic E-state index is -0.649. The smallest absolute Gasteiger partial charge is 1.00 e. The molecule has 0 bridgehead atoms. The summed E-state index contributed by atoms with van der Waals surface area (Å²) in [7, 11) is 0. The van der Waals surface area contributed by atoms with Gasteiger partial charge in [-0.2, -0.15) is 0 Å². The van der Waals surface area contributed by atoms with Crippen molar-refractivity contribution in [1.82, 2.24) is 0 Å². The van der Waals surface area contributed by atoms with Crippen LogP contribution in [0.5, 0.6) is 0 Å². The molecular formula is C11H21FMgO. The second kappa shape index (κ2) is 6.28. The normalized spacial score (nSPS) is 21.4. The van der Waals surface area contributed by atoms with Gasteiger partial charge in [0.15, 0.2) is 0 Å². The fourth-order valence-electron chi connectivity index (χ4n) is 2.05. The molecular weight excluding hydrogens is 191 g/mol. The van der Waals surface area contributed by atoms with Gasteiger partial charge in [0.05, 0.1) is 0 Å². The molecule has 0 amide bonds. The average molecular weight is 213 g/mol. The summed E-state index contributed by atoms with van der Waals surface area (Å²) in [5, 5.41) is 12.4. The van der Waals surface area contributed by atoms with Crippen molar-refractivity contribution >= 4 is 23.1 Å². The van der Waals surface area contributed by atoms with Crippen molar-refractivity contribution in [3.63, 3.8) is 0 Å². The summed E-state index contributed by atoms with van der Waals surface area (Å²) in [5.74, 6) is 0. The van der Waals surface area contributed by atoms with Crippen LogP contribution < -0.4 is 9.81 Å². The first-order valence-corrected chi connectivity index (χ1v) is 5.16. The molecule has 0 atom stereocenters. The van der Waals surface area contributed by atoms with Gasteiger partial charge >= 0.3 is 23.1 Å². The third kappa shape index (κ3) is 4.03. The van der Waals surface area contributed by atoms with E-state index in [2.05, 4.69) is 20.8 Å². The first-order valence-electron chi connectivity index (χ1n) is 5.16. The maximum absolute atomic E-state index is 12.4. The molecule has 1 rings (SSSR count). The van der Waals surface area contributed by atoms with Gasteiger partial charge in [-0.1, -0.05) is 59.3 Å². The van der Waals surface area contributed by atoms with Gasteiger partial charge in [0.25, 0.3) is 0 Å². The van der Waals surface area contributed by atoms with Gasteiger partial charge in [-0.3, -0.25) is 0 Å². The third-order valence-corrected chi connectivity index (χ3v) is 3.28. The fourth-order valence-corrected chi connectivity index (χ4v) is 2.05. The Kier molecular flexibility index (Phi) is 7.66. The predicted molar refractivity (Wildman–Crippen MR) is 55.6 cm³/mol. The molecule has 0 aromatic heterocycles. The molecule has 0 radical (unpaired) electrons. The van der Waals surface area contributed by atoms with Gasteiger partial charge in [-0.15, -0.1) is 5.60 Å². The van der Waals surface area contributed by atoms with Crippen LogP contribution in [0.3, 0.4) is 0 Å². The molecule has 0 aromatic rings. The molecule has 0 N–H and O–H groups in total. The average Bonchev–Trinajstić information content (AvgIpc) is 2.12. The minimum absolute atomic E-state index is 0. The van der Waals surface area contributed by atoms with Gasteiger partial charge in [0, 0.05) is 0 Å². The predicted octanol–water partition coefficient (Wildman–Crippen LogP) is -0.891. The number of rotatable bonds is 0. The Morgan fingerprint density at radius 2 is 1.29 bits per heavy atom. The molecule has 14 heavy (non-hydrogen) atoms. The Hall–Kier alpha value is 0.656. The first kappa shape index (κ1) is 17.1. The van der Waals surface area contributed by atoms with Crippen molar-refractivity contribution in [3.8, 4) is 0 Å². The standard InChI is InChI=1S/C11H21O.FH.Mg/c1-10(2,3)11(12)8-6-4-5-7-9-11;;/h4-9H2,1-3H3;1H;/q-1;;+2/p-1. The van der Waals surface area contributed by atoms with Crippen LogP contribution in [-0.2, 0) is 0 Å². The zero-order valence-corrected chi connectivity index (χ0v) is 11.2. The van der Waals surface area contributed by atoms with Crippen LogP contribution in [0.4, 0.5) is 0 Å². The Morgan fingerprint density at radius 1 is 0.929 bits per heavy atom. The van der Waals surface area contributed by atoms with E-state index >= 15 is 0 Å². The van der Waals surface area contributed by atoms with Crippen molar-refractivity contribution < 1.29 is 9.81 Å². The van der Waals surface area contributed by atoms with Crippen LogP contribution in [0.25, 0.3) is 0 Å². The maximum Gasteiger partial charge on any atom is 2.00 e. The maximum atomic E-state index is 12.4. The van der Waals surface area contributed by atoms with E-state index < -0.39 is 5.60 Å². The largest absolute Gasteiger partial charge is 2.00 e. The summed E-state index contributed by atoms with van der Waals surface area (Å²) < 4.78 is 0. The molecule has 1 aliphatic rings. The molecule has 0 aromatic carbocycles. The third-order valence-electron chi connectivity index (χ3n) is 3.28. The first-order chi connectivity index (χ1) is 5.46. The Balaban J connectivity index is 0. The van der Waals surface area contributed by atoms with Gasteiger partial charge in [0.2, 0.25) is 0 Å². The number of hydrogen-bond acceptors (Lipinski definition) is 1. The van der Waals surface area contributed by atoms with E-state index in [0.29, 0.717) is 0 Å². The van der Waals surface area contributed by atoms with Crippen LogP contribution in [0.1, 0.15) is 59.3 Å². The zero-order chi connectivity index (χ0) is 9.24. The monoisotopic (exact) mass is 212 g/mol. The van der Waals surface area contributed by atoms with Gasteiger partial charge in [0.1, 0.15) is 0 Å². The van der Waals surface area contributed by atoms with E-state index in [0.717, 1.165) is 25.7 Å². The molecule has 3 heteroatoms. The fraction of sp³-hybridized carbons (Fsp3) is 1.00. The van der Waals surface area contributed by atoms with Crippen LogP contribution in [0.15, 0.2) is 0 Å². The van der Waals surface area contributed by atoms with Crippen molar-refractivity contribution in [1.29, 1.82) is 0 Å². The molecule has 0 spiro atoms. The summed E-state index contributed by atoms with van der Waals surface area (Å²) in [6.07, 6.45) is 6.58. The summed E-state index contributed by atoms with van der Waals surface area (Å²) in [6.45, 7) is 6.27. The van der Waals surface area contributed by atoms with Gasteiger partial charge in [-0.05, 0) is 5.41 Å². The molecule has 0 aliphatic heterocycles. The number of halogens is 1. The summed E-state index contributed by atoms with van der Waals surface area (Å²) in [6, 6.07) is 0. The van der Waals surface area contributed by atoms with E-state index in [4.69, 9.17) is 0 Å². The molecule has 1 aliphatic carbocycles. The van der Waals surface area contributed by atoms with Crippen molar-refractivity contribution in [2.24, 2.45) is 5.41 Å². The van der Waals surface area contributed by atoms with Crippen molar-refractivity contribution in [2.45, 2.75) is 64.9 Å². The van der Waals surface area contributed by atoms with E-state index in [1.165, 1.54) is 12.8 Å². The molecule has 1 fully saturated rings. The zero-order valence-electron chi connectivity index (χ0n) is 9.74.